The molecule has 2 amide bonds. The Kier molecular flexibility index (Phi) is 7.70. The zero-order valence-electron chi connectivity index (χ0n) is 17.0. The molecule has 13 nitrogen and oxygen atoms in total. The third kappa shape index (κ3) is 6.00. The molecular weight excluding hydrogens is 424 g/mol. The van der Waals surface area contributed by atoms with Gasteiger partial charge in [-0.05, 0) is 6.08 Å². The van der Waals surface area contributed by atoms with E-state index in [0.29, 0.717) is 5.69 Å². The summed E-state index contributed by atoms with van der Waals surface area (Å²) in [5, 5.41) is 24.2. The number of nitrogens with zero attached hydrogens (tertiary/aromatic N) is 2. The van der Waals surface area contributed by atoms with Crippen LogP contribution in [-0.4, -0.2) is 73.5 Å². The average Bonchev–Trinajstić information content (AvgIpc) is 3.39. The third-order valence-electron chi connectivity index (χ3n) is 4.76. The summed E-state index contributed by atoms with van der Waals surface area (Å²) in [6.07, 6.45) is 4.15. The van der Waals surface area contributed by atoms with Gasteiger partial charge < -0.3 is 30.6 Å². The number of aromatic amines is 2. The molecule has 172 valence electrons. The van der Waals surface area contributed by atoms with Crippen LogP contribution in [0, 0.1) is 0 Å². The van der Waals surface area contributed by atoms with E-state index in [4.69, 9.17) is 4.74 Å². The van der Waals surface area contributed by atoms with Crippen LogP contribution in [0.1, 0.15) is 23.9 Å². The summed E-state index contributed by atoms with van der Waals surface area (Å²) < 4.78 is 6.52. The van der Waals surface area contributed by atoms with Crippen molar-refractivity contribution < 1.29 is 24.5 Å². The van der Waals surface area contributed by atoms with Gasteiger partial charge in [-0.25, -0.2) is 9.78 Å². The predicted octanol–water partition coefficient (Wildman–Crippen LogP) is -2.61. The molecular formula is C19H24N6O7. The lowest BCUT2D eigenvalue weighted by Gasteiger charge is -2.14. The third-order valence-corrected chi connectivity index (χ3v) is 4.76. The lowest BCUT2D eigenvalue weighted by molar-refractivity contribution is -0.121. The fourth-order valence-corrected chi connectivity index (χ4v) is 3.11. The maximum atomic E-state index is 12.1. The molecule has 0 bridgehead atoms. The highest BCUT2D eigenvalue weighted by atomic mass is 16.5. The number of aliphatic hydroxyl groups is 2. The van der Waals surface area contributed by atoms with E-state index >= 15 is 0 Å². The highest BCUT2D eigenvalue weighted by Crippen LogP contribution is 2.27. The lowest BCUT2D eigenvalue weighted by Crippen LogP contribution is -2.35. The molecule has 13 heteroatoms. The summed E-state index contributed by atoms with van der Waals surface area (Å²) in [5.74, 6) is -0.728. The number of hydrogen-bond acceptors (Lipinski definition) is 8. The average molecular weight is 448 g/mol. The topological polar surface area (TPSA) is 191 Å². The Balaban J connectivity index is 1.52. The first-order chi connectivity index (χ1) is 15.4. The fourth-order valence-electron chi connectivity index (χ4n) is 3.11. The Morgan fingerprint density at radius 1 is 1.31 bits per heavy atom. The quantitative estimate of drug-likeness (QED) is 0.177. The van der Waals surface area contributed by atoms with Crippen molar-refractivity contribution >= 4 is 17.9 Å². The molecule has 1 aliphatic heterocycles. The number of H-pyrrole nitrogens is 2. The van der Waals surface area contributed by atoms with E-state index in [-0.39, 0.29) is 37.4 Å². The van der Waals surface area contributed by atoms with E-state index < -0.39 is 42.2 Å². The van der Waals surface area contributed by atoms with Crippen LogP contribution in [-0.2, 0) is 20.7 Å². The maximum Gasteiger partial charge on any atom is 0.330 e. The summed E-state index contributed by atoms with van der Waals surface area (Å²) in [4.78, 5) is 56.6. The molecule has 3 heterocycles. The minimum atomic E-state index is -0.950. The molecule has 32 heavy (non-hydrogen) atoms. The van der Waals surface area contributed by atoms with Crippen molar-refractivity contribution in [3.63, 3.8) is 0 Å². The first-order valence-corrected chi connectivity index (χ1v) is 9.87. The van der Waals surface area contributed by atoms with Gasteiger partial charge in [0.1, 0.15) is 12.3 Å². The van der Waals surface area contributed by atoms with E-state index in [1.54, 1.807) is 6.20 Å². The predicted molar refractivity (Wildman–Crippen MR) is 110 cm³/mol. The number of aromatic nitrogens is 4. The van der Waals surface area contributed by atoms with Crippen molar-refractivity contribution in [2.45, 2.75) is 31.3 Å². The van der Waals surface area contributed by atoms with Gasteiger partial charge in [-0.2, -0.15) is 0 Å². The molecule has 6 N–H and O–H groups in total. The van der Waals surface area contributed by atoms with E-state index in [9.17, 15) is 29.4 Å². The zero-order valence-corrected chi connectivity index (χ0v) is 17.0. The molecule has 3 unspecified atom stereocenters. The summed E-state index contributed by atoms with van der Waals surface area (Å²) >= 11 is 0. The monoisotopic (exact) mass is 448 g/mol. The highest BCUT2D eigenvalue weighted by Gasteiger charge is 2.35. The number of rotatable bonds is 9. The molecule has 3 atom stereocenters. The molecule has 3 rings (SSSR count). The van der Waals surface area contributed by atoms with Gasteiger partial charge in [-0.3, -0.25) is 23.9 Å². The lowest BCUT2D eigenvalue weighted by atomic mass is 10.2. The van der Waals surface area contributed by atoms with Gasteiger partial charge >= 0.3 is 5.69 Å². The molecule has 0 spiro atoms. The Morgan fingerprint density at radius 3 is 2.78 bits per heavy atom. The van der Waals surface area contributed by atoms with E-state index in [2.05, 4.69) is 25.6 Å². The normalized spacial score (nSPS) is 20.5. The largest absolute Gasteiger partial charge is 0.394 e. The van der Waals surface area contributed by atoms with Gasteiger partial charge in [0.2, 0.25) is 11.8 Å². The van der Waals surface area contributed by atoms with Crippen LogP contribution in [0.4, 0.5) is 0 Å². The molecule has 0 saturated carbocycles. The maximum absolute atomic E-state index is 12.1. The second-order valence-electron chi connectivity index (χ2n) is 7.09. The summed E-state index contributed by atoms with van der Waals surface area (Å²) in [6, 6.07) is 0. The first kappa shape index (κ1) is 23.1. The summed E-state index contributed by atoms with van der Waals surface area (Å²) in [6.45, 7) is -0.0260. The number of amides is 2. The van der Waals surface area contributed by atoms with Gasteiger partial charge in [0, 0.05) is 43.7 Å². The molecule has 0 aromatic carbocycles. The van der Waals surface area contributed by atoms with Crippen LogP contribution in [0.3, 0.4) is 0 Å². The van der Waals surface area contributed by atoms with Gasteiger partial charge in [0.15, 0.2) is 0 Å². The van der Waals surface area contributed by atoms with Gasteiger partial charge in [-0.1, -0.05) is 0 Å². The molecule has 1 saturated heterocycles. The van der Waals surface area contributed by atoms with Crippen LogP contribution in [0.2, 0.25) is 0 Å². The smallest absolute Gasteiger partial charge is 0.330 e. The van der Waals surface area contributed by atoms with Crippen molar-refractivity contribution in [1.29, 1.82) is 0 Å². The van der Waals surface area contributed by atoms with Crippen molar-refractivity contribution in [3.8, 4) is 0 Å². The van der Waals surface area contributed by atoms with Crippen molar-refractivity contribution in [2.75, 3.05) is 19.7 Å². The molecule has 1 aliphatic rings. The molecule has 0 radical (unpaired) electrons. The van der Waals surface area contributed by atoms with Crippen LogP contribution in [0.5, 0.6) is 0 Å². The molecule has 1 fully saturated rings. The van der Waals surface area contributed by atoms with Gasteiger partial charge in [-0.15, -0.1) is 0 Å². The molecule has 2 aromatic heterocycles. The highest BCUT2D eigenvalue weighted by molar-refractivity contribution is 5.91. The van der Waals surface area contributed by atoms with E-state index in [1.165, 1.54) is 18.6 Å². The minimum Gasteiger partial charge on any atom is -0.394 e. The van der Waals surface area contributed by atoms with Crippen molar-refractivity contribution in [1.82, 2.24) is 30.2 Å². The zero-order chi connectivity index (χ0) is 23.1. The number of ether oxygens (including phenoxy) is 1. The number of nitrogens with one attached hydrogen (secondary N) is 4. The minimum absolute atomic E-state index is 0.0261. The standard InChI is InChI=1S/C19H24N6O7/c26-9-14-13(27)6-17(32-14)25-8-11(18(30)24-19(25)31)1-2-15(28)21-3-4-22-16(29)5-12-7-20-10-23-12/h1-2,7-8,10,13-14,17,26-27H,3-6,9H2,(H,20,23)(H,21,28)(H,22,29)(H,24,30,31)/b2-1+. The Hall–Kier alpha value is -3.55. The van der Waals surface area contributed by atoms with E-state index in [0.717, 1.165) is 10.6 Å². The number of hydrogen-bond donors (Lipinski definition) is 6. The SMILES string of the molecule is O=C(/C=C/c1cn(C2CC(O)C(CO)O2)c(=O)[nH]c1=O)NCCNC(=O)Cc1cnc[nH]1. The van der Waals surface area contributed by atoms with Crippen LogP contribution in [0.15, 0.2) is 34.4 Å². The van der Waals surface area contributed by atoms with Crippen LogP contribution >= 0.6 is 0 Å². The van der Waals surface area contributed by atoms with Gasteiger partial charge in [0.25, 0.3) is 5.56 Å². The second-order valence-corrected chi connectivity index (χ2v) is 7.09. The van der Waals surface area contributed by atoms with E-state index in [1.807, 2.05) is 0 Å². The number of imidazole rings is 1. The van der Waals surface area contributed by atoms with Crippen molar-refractivity contribution in [3.05, 3.63) is 56.9 Å². The number of carbonyl (C=O) groups excluding carboxylic acids is 2. The summed E-state index contributed by atoms with van der Waals surface area (Å²) in [5.41, 5.74) is -0.736. The van der Waals surface area contributed by atoms with Crippen LogP contribution < -0.4 is 21.9 Å². The Labute approximate surface area is 181 Å². The van der Waals surface area contributed by atoms with Gasteiger partial charge in [0.05, 0.1) is 31.0 Å². The van der Waals surface area contributed by atoms with Crippen LogP contribution in [0.25, 0.3) is 6.08 Å². The summed E-state index contributed by atoms with van der Waals surface area (Å²) in [7, 11) is 0. The second kappa shape index (κ2) is 10.7. The molecule has 2 aromatic rings. The Bertz CT molecular complexity index is 1070. The Morgan fingerprint density at radius 2 is 2.09 bits per heavy atom. The fraction of sp³-hybridized carbons (Fsp3) is 0.421. The van der Waals surface area contributed by atoms with Crippen molar-refractivity contribution in [2.24, 2.45) is 0 Å². The number of aliphatic hydroxyl groups excluding tert-OH is 2. The first-order valence-electron chi connectivity index (χ1n) is 9.87. The molecule has 0 aliphatic carbocycles. The number of carbonyl (C=O) groups is 2.